The lowest BCUT2D eigenvalue weighted by Gasteiger charge is -2.36. The number of nitrogens with zero attached hydrogens (tertiary/aromatic N) is 4. The van der Waals surface area contributed by atoms with E-state index in [-0.39, 0.29) is 122 Å². The van der Waals surface area contributed by atoms with Crippen molar-refractivity contribution in [2.75, 3.05) is 39.3 Å². The van der Waals surface area contributed by atoms with E-state index in [4.69, 9.17) is 0 Å². The first kappa shape index (κ1) is 21.9. The molecule has 8 atom stereocenters. The van der Waals surface area contributed by atoms with Crippen LogP contribution in [0.2, 0.25) is 0 Å². The average molecular weight is 493 g/mol. The van der Waals surface area contributed by atoms with Crippen LogP contribution in [0, 0.1) is 47.3 Å². The fourth-order valence-electron chi connectivity index (χ4n) is 7.92. The molecule has 4 bridgehead atoms. The number of hydrogen-bond acceptors (Lipinski definition) is 6. The van der Waals surface area contributed by atoms with Crippen LogP contribution >= 0.6 is 0 Å². The number of imide groups is 2. The molecule has 0 aromatic carbocycles. The van der Waals surface area contributed by atoms with Gasteiger partial charge in [0.05, 0.1) is 23.7 Å². The summed E-state index contributed by atoms with van der Waals surface area (Å²) < 4.78 is 0. The molecule has 0 N–H and O–H groups in total. The first-order chi connectivity index (χ1) is 17.3. The van der Waals surface area contributed by atoms with Gasteiger partial charge in [-0.3, -0.25) is 38.6 Å². The molecule has 4 aliphatic carbocycles. The third-order valence-electron chi connectivity index (χ3n) is 9.70. The number of carbonyl (C=O) groups is 6. The van der Waals surface area contributed by atoms with Gasteiger partial charge in [0.15, 0.2) is 0 Å². The summed E-state index contributed by atoms with van der Waals surface area (Å²) in [7, 11) is 0. The first-order valence-electron chi connectivity index (χ1n) is 13.0. The molecule has 3 heterocycles. The van der Waals surface area contributed by atoms with Crippen LogP contribution in [0.5, 0.6) is 0 Å². The predicted molar refractivity (Wildman–Crippen MR) is 122 cm³/mol. The van der Waals surface area contributed by atoms with Crippen molar-refractivity contribution in [2.24, 2.45) is 47.3 Å². The monoisotopic (exact) mass is 492 g/mol. The minimum atomic E-state index is -0.323. The van der Waals surface area contributed by atoms with Crippen LogP contribution in [0.4, 0.5) is 0 Å². The molecule has 10 heteroatoms. The SMILES string of the molecule is O=C(CN1C(=O)C2C3C=CC(C3)C2C1=O)N1CCN(C(=O)CN2C(=O)C3C4C=CC(C4)C3C2=O)CC1. The van der Waals surface area contributed by atoms with Crippen LogP contribution in [-0.4, -0.2) is 94.3 Å². The summed E-state index contributed by atoms with van der Waals surface area (Å²) in [4.78, 5) is 82.7. The van der Waals surface area contributed by atoms with E-state index in [9.17, 15) is 28.8 Å². The van der Waals surface area contributed by atoms with Crippen molar-refractivity contribution in [1.29, 1.82) is 0 Å². The summed E-state index contributed by atoms with van der Waals surface area (Å²) in [5, 5.41) is 0. The number of allylic oxidation sites excluding steroid dienone is 4. The summed E-state index contributed by atoms with van der Waals surface area (Å²) in [5.74, 6) is -2.44. The zero-order valence-corrected chi connectivity index (χ0v) is 19.8. The number of carbonyl (C=O) groups excluding carboxylic acids is 6. The largest absolute Gasteiger partial charge is 0.338 e. The molecule has 2 saturated carbocycles. The van der Waals surface area contributed by atoms with Crippen LogP contribution in [0.25, 0.3) is 0 Å². The van der Waals surface area contributed by atoms with Gasteiger partial charge in [0.1, 0.15) is 13.1 Å². The van der Waals surface area contributed by atoms with Gasteiger partial charge in [0, 0.05) is 26.2 Å². The maximum Gasteiger partial charge on any atom is 0.242 e. The Balaban J connectivity index is 0.931. The summed E-state index contributed by atoms with van der Waals surface area (Å²) in [6.45, 7) is 0.606. The Morgan fingerprint density at radius 2 is 0.833 bits per heavy atom. The molecule has 8 unspecified atom stereocenters. The average Bonchev–Trinajstić information content (AvgIpc) is 3.72. The van der Waals surface area contributed by atoms with Crippen molar-refractivity contribution in [3.63, 3.8) is 0 Å². The lowest BCUT2D eigenvalue weighted by molar-refractivity contribution is -0.150. The first-order valence-corrected chi connectivity index (χ1v) is 13.0. The standard InChI is InChI=1S/C26H28N4O6/c31-17(11-29-23(33)19-13-1-2-14(9-13)20(19)24(29)34)27-5-7-28(8-6-27)18(32)12-30-25(35)21-15-3-4-16(10-15)22(21)26(30)36/h1-4,13-16,19-22H,5-12H2. The smallest absolute Gasteiger partial charge is 0.242 e. The highest BCUT2D eigenvalue weighted by Crippen LogP contribution is 2.53. The van der Waals surface area contributed by atoms with E-state index in [2.05, 4.69) is 0 Å². The second-order valence-electron chi connectivity index (χ2n) is 11.3. The molecule has 0 spiro atoms. The van der Waals surface area contributed by atoms with E-state index >= 15 is 0 Å². The maximum atomic E-state index is 12.9. The molecule has 5 fully saturated rings. The summed E-state index contributed by atoms with van der Waals surface area (Å²) >= 11 is 0. The van der Waals surface area contributed by atoms with Crippen LogP contribution in [0.15, 0.2) is 24.3 Å². The number of fused-ring (bicyclic) bond motifs is 10. The molecule has 188 valence electrons. The minimum absolute atomic E-state index is 0.103. The van der Waals surface area contributed by atoms with E-state index < -0.39 is 0 Å². The fraction of sp³-hybridized carbons (Fsp3) is 0.615. The van der Waals surface area contributed by atoms with Crippen LogP contribution < -0.4 is 0 Å². The molecule has 7 rings (SSSR count). The van der Waals surface area contributed by atoms with E-state index in [1.807, 2.05) is 24.3 Å². The zero-order chi connectivity index (χ0) is 24.9. The summed E-state index contributed by atoms with van der Waals surface area (Å²) in [6, 6.07) is 0. The Bertz CT molecular complexity index is 1020. The van der Waals surface area contributed by atoms with Crippen molar-refractivity contribution in [3.05, 3.63) is 24.3 Å². The van der Waals surface area contributed by atoms with Crippen molar-refractivity contribution in [1.82, 2.24) is 19.6 Å². The van der Waals surface area contributed by atoms with Crippen LogP contribution in [0.1, 0.15) is 12.8 Å². The highest BCUT2D eigenvalue weighted by molar-refractivity contribution is 6.09. The minimum Gasteiger partial charge on any atom is -0.338 e. The van der Waals surface area contributed by atoms with Crippen LogP contribution in [-0.2, 0) is 28.8 Å². The predicted octanol–water partition coefficient (Wildman–Crippen LogP) is -0.729. The molecule has 3 aliphatic heterocycles. The number of amides is 6. The highest BCUT2D eigenvalue weighted by atomic mass is 16.2. The van der Waals surface area contributed by atoms with E-state index in [0.717, 1.165) is 22.6 Å². The lowest BCUT2D eigenvalue weighted by atomic mass is 9.85. The quantitative estimate of drug-likeness (QED) is 0.378. The van der Waals surface area contributed by atoms with Gasteiger partial charge in [0.2, 0.25) is 35.4 Å². The van der Waals surface area contributed by atoms with E-state index in [0.29, 0.717) is 0 Å². The maximum absolute atomic E-state index is 12.9. The van der Waals surface area contributed by atoms with E-state index in [1.165, 1.54) is 0 Å². The van der Waals surface area contributed by atoms with Gasteiger partial charge in [-0.2, -0.15) is 0 Å². The van der Waals surface area contributed by atoms with Crippen molar-refractivity contribution < 1.29 is 28.8 Å². The third kappa shape index (κ3) is 2.90. The Labute approximate surface area is 207 Å². The van der Waals surface area contributed by atoms with Gasteiger partial charge >= 0.3 is 0 Å². The van der Waals surface area contributed by atoms with Gasteiger partial charge in [0.25, 0.3) is 0 Å². The molecule has 3 saturated heterocycles. The zero-order valence-electron chi connectivity index (χ0n) is 19.8. The summed E-state index contributed by atoms with van der Waals surface area (Å²) in [6.07, 6.45) is 9.78. The molecule has 7 aliphatic rings. The van der Waals surface area contributed by atoms with Crippen molar-refractivity contribution in [2.45, 2.75) is 12.8 Å². The third-order valence-corrected chi connectivity index (χ3v) is 9.70. The van der Waals surface area contributed by atoms with E-state index in [1.54, 1.807) is 9.80 Å². The van der Waals surface area contributed by atoms with Crippen molar-refractivity contribution >= 4 is 35.4 Å². The lowest BCUT2D eigenvalue weighted by Crippen LogP contribution is -2.55. The number of likely N-dealkylation sites (tertiary alicyclic amines) is 2. The Hall–Kier alpha value is -3.30. The fourth-order valence-corrected chi connectivity index (χ4v) is 7.92. The molecular formula is C26H28N4O6. The number of piperazine rings is 1. The number of hydrogen-bond donors (Lipinski definition) is 0. The Morgan fingerprint density at radius 1 is 0.556 bits per heavy atom. The second-order valence-corrected chi connectivity index (χ2v) is 11.3. The molecule has 0 radical (unpaired) electrons. The summed E-state index contributed by atoms with van der Waals surface area (Å²) in [5.41, 5.74) is 0. The molecule has 6 amide bonds. The van der Waals surface area contributed by atoms with Gasteiger partial charge in [-0.15, -0.1) is 0 Å². The molecule has 10 nitrogen and oxygen atoms in total. The number of rotatable bonds is 4. The topological polar surface area (TPSA) is 115 Å². The second kappa shape index (κ2) is 7.60. The van der Waals surface area contributed by atoms with Gasteiger partial charge < -0.3 is 9.80 Å². The molecule has 36 heavy (non-hydrogen) atoms. The van der Waals surface area contributed by atoms with Crippen molar-refractivity contribution in [3.8, 4) is 0 Å². The normalized spacial score (nSPS) is 39.8. The van der Waals surface area contributed by atoms with Crippen LogP contribution in [0.3, 0.4) is 0 Å². The Kier molecular flexibility index (Phi) is 4.63. The molecule has 0 aromatic rings. The van der Waals surface area contributed by atoms with Gasteiger partial charge in [-0.25, -0.2) is 0 Å². The van der Waals surface area contributed by atoms with Gasteiger partial charge in [-0.1, -0.05) is 24.3 Å². The van der Waals surface area contributed by atoms with Gasteiger partial charge in [-0.05, 0) is 36.5 Å². The Morgan fingerprint density at radius 3 is 1.11 bits per heavy atom. The molecular weight excluding hydrogens is 464 g/mol. The highest BCUT2D eigenvalue weighted by Gasteiger charge is 2.60. The molecule has 0 aromatic heterocycles.